The van der Waals surface area contributed by atoms with E-state index in [-0.39, 0.29) is 6.04 Å². The molecule has 0 saturated carbocycles. The molecule has 0 spiro atoms. The van der Waals surface area contributed by atoms with Crippen LogP contribution in [0.2, 0.25) is 10.0 Å². The normalized spacial score (nSPS) is 12.6. The number of aryl methyl sites for hydroxylation is 1. The minimum atomic E-state index is 0.246. The number of benzene rings is 1. The number of hydrogen-bond acceptors (Lipinski definition) is 3. The average Bonchev–Trinajstić information content (AvgIpc) is 2.78. The van der Waals surface area contributed by atoms with Crippen molar-refractivity contribution in [3.8, 4) is 0 Å². The van der Waals surface area contributed by atoms with Gasteiger partial charge in [0.2, 0.25) is 0 Å². The van der Waals surface area contributed by atoms with Crippen molar-refractivity contribution >= 4 is 34.5 Å². The molecule has 1 unspecified atom stereocenters. The molecule has 102 valence electrons. The van der Waals surface area contributed by atoms with Gasteiger partial charge in [-0.1, -0.05) is 29.3 Å². The van der Waals surface area contributed by atoms with E-state index in [0.29, 0.717) is 10.0 Å². The number of halogens is 2. The summed E-state index contributed by atoms with van der Waals surface area (Å²) in [5.41, 5.74) is 2.24. The maximum Gasteiger partial charge on any atom is 0.0940 e. The lowest BCUT2D eigenvalue weighted by molar-refractivity contribution is 0.576. The minimum absolute atomic E-state index is 0.246. The summed E-state index contributed by atoms with van der Waals surface area (Å²) >= 11 is 13.6. The third-order valence-electron chi connectivity index (χ3n) is 2.90. The molecule has 2 rings (SSSR count). The van der Waals surface area contributed by atoms with Crippen LogP contribution in [0.1, 0.15) is 29.2 Å². The summed E-state index contributed by atoms with van der Waals surface area (Å²) in [6.45, 7) is 5.03. The minimum Gasteiger partial charge on any atom is -0.310 e. The highest BCUT2D eigenvalue weighted by atomic mass is 35.5. The molecule has 0 bridgehead atoms. The highest BCUT2D eigenvalue weighted by molar-refractivity contribution is 7.09. The maximum atomic E-state index is 6.02. The van der Waals surface area contributed by atoms with Crippen LogP contribution in [0.5, 0.6) is 0 Å². The van der Waals surface area contributed by atoms with Crippen LogP contribution in [-0.4, -0.2) is 11.5 Å². The molecule has 19 heavy (non-hydrogen) atoms. The highest BCUT2D eigenvalue weighted by Gasteiger charge is 2.07. The summed E-state index contributed by atoms with van der Waals surface area (Å²) in [7, 11) is 0. The van der Waals surface area contributed by atoms with Gasteiger partial charge in [0.15, 0.2) is 0 Å². The molecule has 0 fully saturated rings. The molecule has 0 saturated heterocycles. The fourth-order valence-electron chi connectivity index (χ4n) is 1.81. The number of nitrogens with one attached hydrogen (secondary N) is 1. The van der Waals surface area contributed by atoms with Crippen molar-refractivity contribution in [2.45, 2.75) is 26.3 Å². The average molecular weight is 315 g/mol. The van der Waals surface area contributed by atoms with Gasteiger partial charge in [-0.05, 0) is 31.5 Å². The molecule has 5 heteroatoms. The molecule has 2 nitrogen and oxygen atoms in total. The van der Waals surface area contributed by atoms with Crippen LogP contribution in [0.25, 0.3) is 0 Å². The number of nitrogens with zero attached hydrogens (tertiary/aromatic N) is 1. The molecular formula is C14H16Cl2N2S. The zero-order chi connectivity index (χ0) is 13.8. The molecular weight excluding hydrogens is 299 g/mol. The summed E-state index contributed by atoms with van der Waals surface area (Å²) in [5.74, 6) is 0. The Morgan fingerprint density at radius 1 is 1.32 bits per heavy atom. The van der Waals surface area contributed by atoms with Crippen LogP contribution in [0, 0.1) is 6.92 Å². The van der Waals surface area contributed by atoms with Gasteiger partial charge < -0.3 is 5.32 Å². The number of thiazole rings is 1. The van der Waals surface area contributed by atoms with Gasteiger partial charge in [-0.2, -0.15) is 0 Å². The standard InChI is InChI=1S/C14H16Cl2N2S/c1-9-8-19-14(18-9)5-6-17-10(2)11-3-4-12(15)13(16)7-11/h3-4,7-8,10,17H,5-6H2,1-2H3. The number of rotatable bonds is 5. The SMILES string of the molecule is Cc1csc(CCNC(C)c2ccc(Cl)c(Cl)c2)n1. The van der Waals surface area contributed by atoms with Crippen molar-refractivity contribution in [3.63, 3.8) is 0 Å². The van der Waals surface area contributed by atoms with Crippen LogP contribution in [0.4, 0.5) is 0 Å². The third-order valence-corrected chi connectivity index (χ3v) is 4.67. The predicted molar refractivity (Wildman–Crippen MR) is 83.4 cm³/mol. The first-order chi connectivity index (χ1) is 9.06. The Balaban J connectivity index is 1.86. The second kappa shape index (κ2) is 6.71. The smallest absolute Gasteiger partial charge is 0.0940 e. The van der Waals surface area contributed by atoms with Gasteiger partial charge in [0.05, 0.1) is 15.1 Å². The molecule has 2 aromatic rings. The lowest BCUT2D eigenvalue weighted by Crippen LogP contribution is -2.21. The van der Waals surface area contributed by atoms with E-state index in [0.717, 1.165) is 24.2 Å². The lowest BCUT2D eigenvalue weighted by Gasteiger charge is -2.14. The van der Waals surface area contributed by atoms with Gasteiger partial charge in [-0.15, -0.1) is 11.3 Å². The second-order valence-electron chi connectivity index (χ2n) is 4.48. The Morgan fingerprint density at radius 3 is 2.74 bits per heavy atom. The van der Waals surface area contributed by atoms with Crippen molar-refractivity contribution in [1.29, 1.82) is 0 Å². The van der Waals surface area contributed by atoms with E-state index >= 15 is 0 Å². The molecule has 1 heterocycles. The van der Waals surface area contributed by atoms with Crippen LogP contribution in [0.15, 0.2) is 23.6 Å². The third kappa shape index (κ3) is 4.18. The first-order valence-corrected chi connectivity index (χ1v) is 7.79. The van der Waals surface area contributed by atoms with Crippen LogP contribution < -0.4 is 5.32 Å². The van der Waals surface area contributed by atoms with Crippen molar-refractivity contribution in [1.82, 2.24) is 10.3 Å². The van der Waals surface area contributed by atoms with E-state index < -0.39 is 0 Å². The van der Waals surface area contributed by atoms with Crippen LogP contribution in [0.3, 0.4) is 0 Å². The second-order valence-corrected chi connectivity index (χ2v) is 6.24. The largest absolute Gasteiger partial charge is 0.310 e. The molecule has 0 amide bonds. The molecule has 0 aliphatic heterocycles. The highest BCUT2D eigenvalue weighted by Crippen LogP contribution is 2.25. The van der Waals surface area contributed by atoms with E-state index in [1.165, 1.54) is 5.01 Å². The van der Waals surface area contributed by atoms with Crippen molar-refractivity contribution in [3.05, 3.63) is 49.9 Å². The van der Waals surface area contributed by atoms with E-state index in [1.54, 1.807) is 11.3 Å². The monoisotopic (exact) mass is 314 g/mol. The molecule has 1 aromatic heterocycles. The zero-order valence-corrected chi connectivity index (χ0v) is 13.2. The lowest BCUT2D eigenvalue weighted by atomic mass is 10.1. The summed E-state index contributed by atoms with van der Waals surface area (Å²) < 4.78 is 0. The van der Waals surface area contributed by atoms with Crippen molar-refractivity contribution in [2.24, 2.45) is 0 Å². The Labute approximate surface area is 127 Å². The van der Waals surface area contributed by atoms with Gasteiger partial charge in [0.25, 0.3) is 0 Å². The van der Waals surface area contributed by atoms with E-state index in [1.807, 2.05) is 25.1 Å². The zero-order valence-electron chi connectivity index (χ0n) is 10.9. The van der Waals surface area contributed by atoms with Crippen LogP contribution in [-0.2, 0) is 6.42 Å². The van der Waals surface area contributed by atoms with Crippen LogP contribution >= 0.6 is 34.5 Å². The van der Waals surface area contributed by atoms with Gasteiger partial charge in [0, 0.05) is 30.1 Å². The Bertz CT molecular complexity index is 554. The number of aromatic nitrogens is 1. The molecule has 0 aliphatic rings. The molecule has 1 aromatic carbocycles. The van der Waals surface area contributed by atoms with Gasteiger partial charge in [-0.3, -0.25) is 0 Å². The maximum absolute atomic E-state index is 6.02. The topological polar surface area (TPSA) is 24.9 Å². The Hall–Kier alpha value is -0.610. The summed E-state index contributed by atoms with van der Waals surface area (Å²) in [5, 5.41) is 7.92. The fraction of sp³-hybridized carbons (Fsp3) is 0.357. The predicted octanol–water partition coefficient (Wildman–Crippen LogP) is 4.65. The first-order valence-electron chi connectivity index (χ1n) is 6.15. The van der Waals surface area contributed by atoms with Gasteiger partial charge in [-0.25, -0.2) is 4.98 Å². The number of hydrogen-bond donors (Lipinski definition) is 1. The quantitative estimate of drug-likeness (QED) is 0.868. The molecule has 1 atom stereocenters. The molecule has 0 radical (unpaired) electrons. The summed E-state index contributed by atoms with van der Waals surface area (Å²) in [6, 6.07) is 5.99. The van der Waals surface area contributed by atoms with Gasteiger partial charge >= 0.3 is 0 Å². The fourth-order valence-corrected chi connectivity index (χ4v) is 2.90. The van der Waals surface area contributed by atoms with E-state index in [4.69, 9.17) is 23.2 Å². The van der Waals surface area contributed by atoms with Crippen molar-refractivity contribution in [2.75, 3.05) is 6.54 Å². The molecule has 0 aliphatic carbocycles. The first kappa shape index (κ1) is 14.8. The van der Waals surface area contributed by atoms with E-state index in [9.17, 15) is 0 Å². The van der Waals surface area contributed by atoms with E-state index in [2.05, 4.69) is 22.6 Å². The summed E-state index contributed by atoms with van der Waals surface area (Å²) in [6.07, 6.45) is 0.949. The Kier molecular flexibility index (Phi) is 5.22. The Morgan fingerprint density at radius 2 is 2.11 bits per heavy atom. The molecule has 1 N–H and O–H groups in total. The van der Waals surface area contributed by atoms with Gasteiger partial charge in [0.1, 0.15) is 0 Å². The summed E-state index contributed by atoms with van der Waals surface area (Å²) in [4.78, 5) is 4.45. The van der Waals surface area contributed by atoms with Crippen molar-refractivity contribution < 1.29 is 0 Å².